The lowest BCUT2D eigenvalue weighted by atomic mass is 10.1. The quantitative estimate of drug-likeness (QED) is 0.710. The summed E-state index contributed by atoms with van der Waals surface area (Å²) in [6.45, 7) is 5.50. The van der Waals surface area contributed by atoms with Crippen LogP contribution in [0.2, 0.25) is 0 Å². The van der Waals surface area contributed by atoms with Crippen LogP contribution in [0, 0.1) is 0 Å². The molecule has 3 heterocycles. The fourth-order valence-electron chi connectivity index (χ4n) is 2.51. The van der Waals surface area contributed by atoms with E-state index in [-0.39, 0.29) is 29.2 Å². The maximum Gasteiger partial charge on any atom is 0.267 e. The van der Waals surface area contributed by atoms with Crippen molar-refractivity contribution in [2.24, 2.45) is 0 Å². The number of nitrogens with zero attached hydrogens (tertiary/aromatic N) is 3. The van der Waals surface area contributed by atoms with Crippen LogP contribution < -0.4 is 5.56 Å². The van der Waals surface area contributed by atoms with E-state index in [9.17, 15) is 9.59 Å². The molecule has 6 nitrogen and oxygen atoms in total. The van der Waals surface area contributed by atoms with Crippen LogP contribution in [0.5, 0.6) is 0 Å². The minimum atomic E-state index is -0.239. The van der Waals surface area contributed by atoms with Gasteiger partial charge in [0.05, 0.1) is 18.8 Å². The first-order chi connectivity index (χ1) is 9.58. The molecule has 2 unspecified atom stereocenters. The molecule has 7 heteroatoms. The van der Waals surface area contributed by atoms with Crippen LogP contribution >= 0.6 is 11.8 Å². The average Bonchev–Trinajstić information content (AvgIpc) is 2.90. The van der Waals surface area contributed by atoms with E-state index in [0.29, 0.717) is 24.9 Å². The van der Waals surface area contributed by atoms with E-state index in [0.717, 1.165) is 5.75 Å². The zero-order valence-electron chi connectivity index (χ0n) is 11.5. The van der Waals surface area contributed by atoms with Crippen LogP contribution in [0.3, 0.4) is 0 Å². The highest BCUT2D eigenvalue weighted by molar-refractivity contribution is 7.99. The van der Waals surface area contributed by atoms with Gasteiger partial charge in [-0.2, -0.15) is 0 Å². The Morgan fingerprint density at radius 3 is 3.10 bits per heavy atom. The number of hydrogen-bond donors (Lipinski definition) is 0. The van der Waals surface area contributed by atoms with Crippen LogP contribution in [-0.2, 0) is 11.3 Å². The summed E-state index contributed by atoms with van der Waals surface area (Å²) in [4.78, 5) is 30.9. The largest absolute Gasteiger partial charge is 0.375 e. The molecule has 1 aromatic heterocycles. The van der Waals surface area contributed by atoms with Crippen LogP contribution in [0.25, 0.3) is 0 Å². The Bertz CT molecular complexity index is 601. The van der Waals surface area contributed by atoms with Gasteiger partial charge in [-0.05, 0) is 13.8 Å². The van der Waals surface area contributed by atoms with Gasteiger partial charge in [0, 0.05) is 25.0 Å². The Balaban J connectivity index is 1.93. The van der Waals surface area contributed by atoms with Crippen LogP contribution in [0.1, 0.15) is 24.2 Å². The predicted molar refractivity (Wildman–Crippen MR) is 75.1 cm³/mol. The summed E-state index contributed by atoms with van der Waals surface area (Å²) in [7, 11) is 0. The Labute approximate surface area is 121 Å². The molecule has 2 atom stereocenters. The summed E-state index contributed by atoms with van der Waals surface area (Å²) in [6.07, 6.45) is 1.41. The average molecular weight is 295 g/mol. The number of fused-ring (bicyclic) bond motifs is 1. The van der Waals surface area contributed by atoms with Gasteiger partial charge in [0.1, 0.15) is 5.56 Å². The van der Waals surface area contributed by atoms with E-state index >= 15 is 0 Å². The molecule has 1 aromatic rings. The number of thioether (sulfide) groups is 1. The van der Waals surface area contributed by atoms with E-state index < -0.39 is 0 Å². The standard InChI is InChI=1S/C13H17N3O3S/c1-8-7-19-9(2)6-16(8)12(18)10-5-14-13-15(11(10)17)3-4-20-13/h5,8-9H,3-4,6-7H2,1-2H3. The van der Waals surface area contributed by atoms with Gasteiger partial charge < -0.3 is 9.64 Å². The summed E-state index contributed by atoms with van der Waals surface area (Å²) < 4.78 is 7.10. The highest BCUT2D eigenvalue weighted by Gasteiger charge is 2.30. The Kier molecular flexibility index (Phi) is 3.55. The maximum absolute atomic E-state index is 12.6. The number of carbonyl (C=O) groups excluding carboxylic acids is 1. The van der Waals surface area contributed by atoms with Gasteiger partial charge in [0.25, 0.3) is 11.5 Å². The first-order valence-electron chi connectivity index (χ1n) is 6.73. The second-order valence-corrected chi connectivity index (χ2v) is 6.27. The number of amides is 1. The number of aromatic nitrogens is 2. The highest BCUT2D eigenvalue weighted by atomic mass is 32.2. The first kappa shape index (κ1) is 13.6. The first-order valence-corrected chi connectivity index (χ1v) is 7.71. The van der Waals surface area contributed by atoms with E-state index in [1.54, 1.807) is 21.2 Å². The van der Waals surface area contributed by atoms with Crippen molar-refractivity contribution >= 4 is 17.7 Å². The monoisotopic (exact) mass is 295 g/mol. The fraction of sp³-hybridized carbons (Fsp3) is 0.615. The molecule has 0 N–H and O–H groups in total. The molecule has 1 amide bonds. The Morgan fingerprint density at radius 1 is 1.50 bits per heavy atom. The van der Waals surface area contributed by atoms with Crippen LogP contribution in [0.4, 0.5) is 0 Å². The van der Waals surface area contributed by atoms with Gasteiger partial charge in [0.2, 0.25) is 0 Å². The fourth-order valence-corrected chi connectivity index (χ4v) is 3.42. The third kappa shape index (κ3) is 2.25. The summed E-state index contributed by atoms with van der Waals surface area (Å²) in [5.74, 6) is 0.600. The summed E-state index contributed by atoms with van der Waals surface area (Å²) >= 11 is 1.55. The minimum absolute atomic E-state index is 0.00385. The van der Waals surface area contributed by atoms with E-state index in [1.807, 2.05) is 13.8 Å². The van der Waals surface area contributed by atoms with Gasteiger partial charge in [-0.3, -0.25) is 14.2 Å². The number of carbonyl (C=O) groups is 1. The summed E-state index contributed by atoms with van der Waals surface area (Å²) in [6, 6.07) is -0.0225. The van der Waals surface area contributed by atoms with Crippen molar-refractivity contribution in [3.63, 3.8) is 0 Å². The molecule has 0 aromatic carbocycles. The molecule has 0 radical (unpaired) electrons. The third-order valence-electron chi connectivity index (χ3n) is 3.66. The van der Waals surface area contributed by atoms with Gasteiger partial charge in [-0.15, -0.1) is 0 Å². The van der Waals surface area contributed by atoms with Crippen molar-refractivity contribution in [1.29, 1.82) is 0 Å². The van der Waals surface area contributed by atoms with Crippen molar-refractivity contribution in [1.82, 2.24) is 14.5 Å². The molecule has 0 spiro atoms. The summed E-state index contributed by atoms with van der Waals surface area (Å²) in [5, 5.41) is 0.704. The smallest absolute Gasteiger partial charge is 0.267 e. The molecule has 0 aliphatic carbocycles. The third-order valence-corrected chi connectivity index (χ3v) is 4.63. The molecule has 0 bridgehead atoms. The number of rotatable bonds is 1. The maximum atomic E-state index is 12.6. The van der Waals surface area contributed by atoms with E-state index in [1.165, 1.54) is 6.20 Å². The Hall–Kier alpha value is -1.34. The van der Waals surface area contributed by atoms with Crippen LogP contribution in [0.15, 0.2) is 16.1 Å². The second-order valence-electron chi connectivity index (χ2n) is 5.21. The summed E-state index contributed by atoms with van der Waals surface area (Å²) in [5.41, 5.74) is -0.0615. The molecule has 2 aliphatic heterocycles. The lowest BCUT2D eigenvalue weighted by molar-refractivity contribution is -0.0388. The lowest BCUT2D eigenvalue weighted by Gasteiger charge is -2.36. The lowest BCUT2D eigenvalue weighted by Crippen LogP contribution is -2.51. The van der Waals surface area contributed by atoms with Crippen LogP contribution in [-0.4, -0.2) is 51.4 Å². The molecule has 2 aliphatic rings. The van der Waals surface area contributed by atoms with Crippen molar-refractivity contribution in [2.75, 3.05) is 18.9 Å². The number of hydrogen-bond acceptors (Lipinski definition) is 5. The van der Waals surface area contributed by atoms with Gasteiger partial charge in [-0.25, -0.2) is 4.98 Å². The number of ether oxygens (including phenoxy) is 1. The van der Waals surface area contributed by atoms with Gasteiger partial charge in [-0.1, -0.05) is 11.8 Å². The zero-order chi connectivity index (χ0) is 14.3. The van der Waals surface area contributed by atoms with Crippen molar-refractivity contribution < 1.29 is 9.53 Å². The normalized spacial score (nSPS) is 25.6. The highest BCUT2D eigenvalue weighted by Crippen LogP contribution is 2.21. The zero-order valence-corrected chi connectivity index (χ0v) is 12.4. The predicted octanol–water partition coefficient (Wildman–Crippen LogP) is 0.598. The van der Waals surface area contributed by atoms with Gasteiger partial charge >= 0.3 is 0 Å². The topological polar surface area (TPSA) is 64.4 Å². The molecule has 0 saturated carbocycles. The van der Waals surface area contributed by atoms with Crippen molar-refractivity contribution in [2.45, 2.75) is 37.7 Å². The minimum Gasteiger partial charge on any atom is -0.375 e. The molecular weight excluding hydrogens is 278 g/mol. The van der Waals surface area contributed by atoms with E-state index in [2.05, 4.69) is 4.98 Å². The van der Waals surface area contributed by atoms with E-state index in [4.69, 9.17) is 4.74 Å². The molecule has 108 valence electrons. The number of morpholine rings is 1. The molecule has 20 heavy (non-hydrogen) atoms. The molecule has 1 fully saturated rings. The SMILES string of the molecule is CC1CN(C(=O)c2cnc3n(c2=O)CCS3)C(C)CO1. The van der Waals surface area contributed by atoms with Crippen molar-refractivity contribution in [3.05, 3.63) is 22.1 Å². The molecule has 3 rings (SSSR count). The van der Waals surface area contributed by atoms with Gasteiger partial charge in [0.15, 0.2) is 5.16 Å². The molecule has 1 saturated heterocycles. The second kappa shape index (κ2) is 5.21. The molecular formula is C13H17N3O3S. The van der Waals surface area contributed by atoms with Crippen molar-refractivity contribution in [3.8, 4) is 0 Å². The Morgan fingerprint density at radius 2 is 2.30 bits per heavy atom.